The highest BCUT2D eigenvalue weighted by Crippen LogP contribution is 2.29. The van der Waals surface area contributed by atoms with Gasteiger partial charge in [0, 0.05) is 17.9 Å². The van der Waals surface area contributed by atoms with Crippen molar-refractivity contribution in [3.8, 4) is 17.0 Å². The maximum Gasteiger partial charge on any atom is 0.261 e. The van der Waals surface area contributed by atoms with E-state index in [0.29, 0.717) is 28.2 Å². The molecule has 4 rings (SSSR count). The Balaban J connectivity index is 1.49. The predicted octanol–water partition coefficient (Wildman–Crippen LogP) is 4.95. The molecule has 152 valence electrons. The van der Waals surface area contributed by atoms with Crippen LogP contribution in [0.5, 0.6) is 5.75 Å². The summed E-state index contributed by atoms with van der Waals surface area (Å²) in [5.41, 5.74) is 4.61. The number of aromatic nitrogens is 3. The van der Waals surface area contributed by atoms with Crippen LogP contribution in [0.3, 0.4) is 0 Å². The first-order valence-corrected chi connectivity index (χ1v) is 10.2. The standard InChI is InChI=1S/C22H20N4O3S/c1-13-8-9-14(2)17(10-13)18-12-30-22(24-18)25-21(27)16-6-4-5-7-19(16)28-11-20-23-15(3)29-26-20/h4-10,12H,11H2,1-3H3,(H,24,25,27). The minimum atomic E-state index is -0.295. The molecule has 8 heteroatoms. The number of ether oxygens (including phenoxy) is 1. The summed E-state index contributed by atoms with van der Waals surface area (Å²) in [5.74, 6) is 1.02. The third-order valence-corrected chi connectivity index (χ3v) is 5.21. The molecule has 0 aliphatic rings. The number of thiazole rings is 1. The van der Waals surface area contributed by atoms with Crippen molar-refractivity contribution in [3.63, 3.8) is 0 Å². The molecule has 1 N–H and O–H groups in total. The maximum absolute atomic E-state index is 12.8. The summed E-state index contributed by atoms with van der Waals surface area (Å²) in [5, 5.41) is 9.13. The smallest absolute Gasteiger partial charge is 0.261 e. The number of rotatable bonds is 6. The minimum absolute atomic E-state index is 0.107. The van der Waals surface area contributed by atoms with Gasteiger partial charge < -0.3 is 9.26 Å². The summed E-state index contributed by atoms with van der Waals surface area (Å²) >= 11 is 1.38. The van der Waals surface area contributed by atoms with Crippen molar-refractivity contribution in [2.75, 3.05) is 5.32 Å². The first kappa shape index (κ1) is 19.8. The van der Waals surface area contributed by atoms with Gasteiger partial charge in [-0.3, -0.25) is 10.1 Å². The van der Waals surface area contributed by atoms with Crippen molar-refractivity contribution in [3.05, 3.63) is 76.3 Å². The average molecular weight is 420 g/mol. The molecule has 0 spiro atoms. The van der Waals surface area contributed by atoms with E-state index in [-0.39, 0.29) is 12.5 Å². The first-order chi connectivity index (χ1) is 14.5. The van der Waals surface area contributed by atoms with Crippen molar-refractivity contribution in [2.45, 2.75) is 27.4 Å². The number of anilines is 1. The molecule has 0 unspecified atom stereocenters. The van der Waals surface area contributed by atoms with Crippen LogP contribution in [-0.4, -0.2) is 21.0 Å². The average Bonchev–Trinajstić information content (AvgIpc) is 3.37. The number of carbonyl (C=O) groups excluding carboxylic acids is 1. The van der Waals surface area contributed by atoms with Gasteiger partial charge in [0.15, 0.2) is 11.7 Å². The molecule has 0 saturated heterocycles. The lowest BCUT2D eigenvalue weighted by molar-refractivity contribution is 0.102. The number of carbonyl (C=O) groups is 1. The molecule has 0 fully saturated rings. The SMILES string of the molecule is Cc1ccc(C)c(-c2csc(NC(=O)c3ccccc3OCc3noc(C)n3)n2)c1. The van der Waals surface area contributed by atoms with E-state index in [1.165, 1.54) is 11.3 Å². The highest BCUT2D eigenvalue weighted by Gasteiger charge is 2.16. The van der Waals surface area contributed by atoms with E-state index >= 15 is 0 Å². The molecular weight excluding hydrogens is 400 g/mol. The molecule has 1 amide bonds. The number of nitrogens with zero attached hydrogens (tertiary/aromatic N) is 3. The minimum Gasteiger partial charge on any atom is -0.485 e. The molecule has 2 aromatic carbocycles. The Morgan fingerprint density at radius 2 is 1.97 bits per heavy atom. The van der Waals surface area contributed by atoms with Crippen molar-refractivity contribution in [2.24, 2.45) is 0 Å². The van der Waals surface area contributed by atoms with E-state index in [1.54, 1.807) is 31.2 Å². The van der Waals surface area contributed by atoms with Gasteiger partial charge in [-0.2, -0.15) is 4.98 Å². The zero-order chi connectivity index (χ0) is 21.1. The molecule has 4 aromatic rings. The second-order valence-electron chi connectivity index (χ2n) is 6.82. The summed E-state index contributed by atoms with van der Waals surface area (Å²) < 4.78 is 10.7. The predicted molar refractivity (Wildman–Crippen MR) is 115 cm³/mol. The molecule has 7 nitrogen and oxygen atoms in total. The van der Waals surface area contributed by atoms with Gasteiger partial charge in [-0.25, -0.2) is 4.98 Å². The molecule has 0 saturated carbocycles. The molecule has 0 radical (unpaired) electrons. The van der Waals surface area contributed by atoms with Gasteiger partial charge in [0.2, 0.25) is 11.7 Å². The number of aryl methyl sites for hydroxylation is 3. The summed E-state index contributed by atoms with van der Waals surface area (Å²) in [6, 6.07) is 13.2. The molecule has 2 aromatic heterocycles. The van der Waals surface area contributed by atoms with Gasteiger partial charge in [0.25, 0.3) is 5.91 Å². The summed E-state index contributed by atoms with van der Waals surface area (Å²) in [6.45, 7) is 5.91. The lowest BCUT2D eigenvalue weighted by Crippen LogP contribution is -2.13. The van der Waals surface area contributed by atoms with Crippen LogP contribution in [-0.2, 0) is 6.61 Å². The zero-order valence-corrected chi connectivity index (χ0v) is 17.6. The van der Waals surface area contributed by atoms with Gasteiger partial charge in [0.1, 0.15) is 5.75 Å². The van der Waals surface area contributed by atoms with Crippen molar-refractivity contribution in [1.82, 2.24) is 15.1 Å². The fourth-order valence-electron chi connectivity index (χ4n) is 2.95. The highest BCUT2D eigenvalue weighted by molar-refractivity contribution is 7.14. The number of nitrogens with one attached hydrogen (secondary N) is 1. The molecule has 0 aliphatic carbocycles. The van der Waals surface area contributed by atoms with Crippen molar-refractivity contribution >= 4 is 22.4 Å². The quantitative estimate of drug-likeness (QED) is 0.475. The first-order valence-electron chi connectivity index (χ1n) is 9.35. The lowest BCUT2D eigenvalue weighted by atomic mass is 10.0. The Bertz CT molecular complexity index is 1200. The number of benzene rings is 2. The zero-order valence-electron chi connectivity index (χ0n) is 16.8. The summed E-state index contributed by atoms with van der Waals surface area (Å²) in [7, 11) is 0. The maximum atomic E-state index is 12.8. The second-order valence-corrected chi connectivity index (χ2v) is 7.68. The Hall–Kier alpha value is -3.52. The Morgan fingerprint density at radius 3 is 2.77 bits per heavy atom. The lowest BCUT2D eigenvalue weighted by Gasteiger charge is -2.09. The molecule has 0 atom stereocenters. The van der Waals surface area contributed by atoms with Gasteiger partial charge in [-0.05, 0) is 37.6 Å². The molecule has 0 aliphatic heterocycles. The van der Waals surface area contributed by atoms with Crippen LogP contribution in [0.2, 0.25) is 0 Å². The largest absolute Gasteiger partial charge is 0.485 e. The number of para-hydroxylation sites is 1. The van der Waals surface area contributed by atoms with Crippen molar-refractivity contribution < 1.29 is 14.1 Å². The van der Waals surface area contributed by atoms with E-state index in [0.717, 1.165) is 22.4 Å². The van der Waals surface area contributed by atoms with Crippen LogP contribution < -0.4 is 10.1 Å². The van der Waals surface area contributed by atoms with E-state index in [1.807, 2.05) is 19.2 Å². The van der Waals surface area contributed by atoms with E-state index in [4.69, 9.17) is 9.26 Å². The molecule has 0 bridgehead atoms. The third-order valence-electron chi connectivity index (χ3n) is 4.45. The van der Waals surface area contributed by atoms with Gasteiger partial charge in [-0.1, -0.05) is 35.0 Å². The van der Waals surface area contributed by atoms with E-state index in [9.17, 15) is 4.79 Å². The highest BCUT2D eigenvalue weighted by atomic mass is 32.1. The van der Waals surface area contributed by atoms with Gasteiger partial charge in [0.05, 0.1) is 11.3 Å². The third kappa shape index (κ3) is 4.38. The molecular formula is C22H20N4O3S. The Labute approximate surface area is 177 Å². The normalized spacial score (nSPS) is 10.8. The Morgan fingerprint density at radius 1 is 1.13 bits per heavy atom. The van der Waals surface area contributed by atoms with Crippen LogP contribution in [0.15, 0.2) is 52.4 Å². The van der Waals surface area contributed by atoms with Crippen molar-refractivity contribution in [1.29, 1.82) is 0 Å². The van der Waals surface area contributed by atoms with E-state index < -0.39 is 0 Å². The van der Waals surface area contributed by atoms with Crippen LogP contribution in [0.1, 0.15) is 33.2 Å². The monoisotopic (exact) mass is 420 g/mol. The fourth-order valence-corrected chi connectivity index (χ4v) is 3.66. The van der Waals surface area contributed by atoms with Gasteiger partial charge in [-0.15, -0.1) is 11.3 Å². The number of hydrogen-bond donors (Lipinski definition) is 1. The van der Waals surface area contributed by atoms with Crippen LogP contribution in [0.25, 0.3) is 11.3 Å². The van der Waals surface area contributed by atoms with E-state index in [2.05, 4.69) is 38.6 Å². The topological polar surface area (TPSA) is 90.1 Å². The van der Waals surface area contributed by atoms with Gasteiger partial charge >= 0.3 is 0 Å². The summed E-state index contributed by atoms with van der Waals surface area (Å²) in [4.78, 5) is 21.5. The Kier molecular flexibility index (Phi) is 5.58. The summed E-state index contributed by atoms with van der Waals surface area (Å²) in [6.07, 6.45) is 0. The van der Waals surface area contributed by atoms with Crippen LogP contribution >= 0.6 is 11.3 Å². The second kappa shape index (κ2) is 8.46. The van der Waals surface area contributed by atoms with Crippen LogP contribution in [0, 0.1) is 20.8 Å². The van der Waals surface area contributed by atoms with Crippen LogP contribution in [0.4, 0.5) is 5.13 Å². The molecule has 30 heavy (non-hydrogen) atoms. The number of amides is 1. The fraction of sp³-hybridized carbons (Fsp3) is 0.182. The number of hydrogen-bond acceptors (Lipinski definition) is 7. The molecule has 2 heterocycles.